The van der Waals surface area contributed by atoms with Crippen LogP contribution in [-0.4, -0.2) is 35.0 Å². The molecular formula is C14H16N4O2. The van der Waals surface area contributed by atoms with Gasteiger partial charge in [-0.15, -0.1) is 0 Å². The molecule has 6 heteroatoms. The van der Waals surface area contributed by atoms with Gasteiger partial charge in [-0.05, 0) is 31.2 Å². The largest absolute Gasteiger partial charge is 0.454 e. The SMILES string of the molecule is Cc1ncc(Oc2ccc(NC(=O)N(C)C)cc2)cn1. The lowest BCUT2D eigenvalue weighted by Crippen LogP contribution is -2.27. The van der Waals surface area contributed by atoms with Crippen LogP contribution in [0.2, 0.25) is 0 Å². The Morgan fingerprint density at radius 1 is 1.10 bits per heavy atom. The van der Waals surface area contributed by atoms with Crippen LogP contribution in [0.3, 0.4) is 0 Å². The molecule has 0 spiro atoms. The Morgan fingerprint density at radius 3 is 2.25 bits per heavy atom. The Labute approximate surface area is 117 Å². The third kappa shape index (κ3) is 3.68. The normalized spacial score (nSPS) is 9.95. The Kier molecular flexibility index (Phi) is 4.14. The van der Waals surface area contributed by atoms with Gasteiger partial charge in [-0.2, -0.15) is 0 Å². The standard InChI is InChI=1S/C14H16N4O2/c1-10-15-8-13(9-16-10)20-12-6-4-11(5-7-12)17-14(19)18(2)3/h4-9H,1-3H3,(H,17,19). The molecule has 2 amide bonds. The van der Waals surface area contributed by atoms with Gasteiger partial charge in [0, 0.05) is 19.8 Å². The molecule has 0 atom stereocenters. The number of amides is 2. The lowest BCUT2D eigenvalue weighted by molar-refractivity contribution is 0.230. The Hall–Kier alpha value is -2.63. The van der Waals surface area contributed by atoms with E-state index in [-0.39, 0.29) is 6.03 Å². The van der Waals surface area contributed by atoms with Crippen LogP contribution in [0.4, 0.5) is 10.5 Å². The Morgan fingerprint density at radius 2 is 1.70 bits per heavy atom. The van der Waals surface area contributed by atoms with E-state index in [1.165, 1.54) is 4.90 Å². The summed E-state index contributed by atoms with van der Waals surface area (Å²) in [7, 11) is 3.37. The highest BCUT2D eigenvalue weighted by molar-refractivity contribution is 5.88. The fraction of sp³-hybridized carbons (Fsp3) is 0.214. The summed E-state index contributed by atoms with van der Waals surface area (Å²) < 4.78 is 5.59. The van der Waals surface area contributed by atoms with E-state index in [9.17, 15) is 4.79 Å². The van der Waals surface area contributed by atoms with Gasteiger partial charge in [0.25, 0.3) is 0 Å². The van der Waals surface area contributed by atoms with Crippen molar-refractivity contribution in [2.45, 2.75) is 6.92 Å². The van der Waals surface area contributed by atoms with Crippen LogP contribution in [0, 0.1) is 6.92 Å². The summed E-state index contributed by atoms with van der Waals surface area (Å²) in [5, 5.41) is 2.75. The van der Waals surface area contributed by atoms with E-state index >= 15 is 0 Å². The number of ether oxygens (including phenoxy) is 1. The van der Waals surface area contributed by atoms with Crippen LogP contribution in [-0.2, 0) is 0 Å². The number of anilines is 1. The molecule has 1 N–H and O–H groups in total. The van der Waals surface area contributed by atoms with E-state index in [4.69, 9.17) is 4.74 Å². The molecular weight excluding hydrogens is 256 g/mol. The first-order valence-corrected chi connectivity index (χ1v) is 6.09. The molecule has 0 aliphatic heterocycles. The van der Waals surface area contributed by atoms with Crippen LogP contribution in [0.15, 0.2) is 36.7 Å². The molecule has 0 saturated carbocycles. The number of hydrogen-bond acceptors (Lipinski definition) is 4. The monoisotopic (exact) mass is 272 g/mol. The fourth-order valence-corrected chi connectivity index (χ4v) is 1.41. The summed E-state index contributed by atoms with van der Waals surface area (Å²) in [6, 6.07) is 6.90. The number of urea groups is 1. The predicted octanol–water partition coefficient (Wildman–Crippen LogP) is 2.67. The van der Waals surface area contributed by atoms with Crippen LogP contribution in [0.25, 0.3) is 0 Å². The van der Waals surface area contributed by atoms with Gasteiger partial charge in [-0.3, -0.25) is 0 Å². The van der Waals surface area contributed by atoms with Crippen molar-refractivity contribution in [1.29, 1.82) is 0 Å². The Balaban J connectivity index is 2.01. The van der Waals surface area contributed by atoms with Gasteiger partial charge >= 0.3 is 6.03 Å². The molecule has 1 aromatic heterocycles. The van der Waals surface area contributed by atoms with Crippen LogP contribution in [0.5, 0.6) is 11.5 Å². The molecule has 1 heterocycles. The molecule has 0 unspecified atom stereocenters. The summed E-state index contributed by atoms with van der Waals surface area (Å²) in [4.78, 5) is 21.1. The van der Waals surface area contributed by atoms with Crippen molar-refractivity contribution in [3.63, 3.8) is 0 Å². The van der Waals surface area contributed by atoms with Crippen molar-refractivity contribution in [1.82, 2.24) is 14.9 Å². The maximum absolute atomic E-state index is 11.5. The van der Waals surface area contributed by atoms with E-state index in [1.54, 1.807) is 50.8 Å². The number of nitrogens with one attached hydrogen (secondary N) is 1. The van der Waals surface area contributed by atoms with Gasteiger partial charge in [0.1, 0.15) is 11.6 Å². The van der Waals surface area contributed by atoms with Crippen molar-refractivity contribution in [3.05, 3.63) is 42.5 Å². The average Bonchev–Trinajstić information content (AvgIpc) is 2.43. The first-order valence-electron chi connectivity index (χ1n) is 6.09. The van der Waals surface area contributed by atoms with Crippen molar-refractivity contribution in [2.24, 2.45) is 0 Å². The molecule has 0 bridgehead atoms. The topological polar surface area (TPSA) is 67.3 Å². The number of carbonyl (C=O) groups excluding carboxylic acids is 1. The molecule has 2 rings (SSSR count). The van der Waals surface area contributed by atoms with Gasteiger partial charge in [0.15, 0.2) is 5.75 Å². The average molecular weight is 272 g/mol. The van der Waals surface area contributed by atoms with Gasteiger partial charge in [-0.1, -0.05) is 0 Å². The zero-order chi connectivity index (χ0) is 14.5. The molecule has 0 aliphatic rings. The number of carbonyl (C=O) groups is 1. The molecule has 0 radical (unpaired) electrons. The van der Waals surface area contributed by atoms with Crippen molar-refractivity contribution >= 4 is 11.7 Å². The molecule has 104 valence electrons. The zero-order valence-electron chi connectivity index (χ0n) is 11.6. The molecule has 2 aromatic rings. The summed E-state index contributed by atoms with van der Waals surface area (Å²) >= 11 is 0. The third-order valence-corrected chi connectivity index (χ3v) is 2.50. The maximum atomic E-state index is 11.5. The van der Waals surface area contributed by atoms with E-state index in [0.29, 0.717) is 23.0 Å². The third-order valence-electron chi connectivity index (χ3n) is 2.50. The summed E-state index contributed by atoms with van der Waals surface area (Å²) in [6.07, 6.45) is 3.23. The summed E-state index contributed by atoms with van der Waals surface area (Å²) in [6.45, 7) is 1.81. The van der Waals surface area contributed by atoms with Gasteiger partial charge in [0.05, 0.1) is 12.4 Å². The second-order valence-electron chi connectivity index (χ2n) is 4.42. The molecule has 0 aliphatic carbocycles. The number of benzene rings is 1. The maximum Gasteiger partial charge on any atom is 0.321 e. The smallest absolute Gasteiger partial charge is 0.321 e. The number of rotatable bonds is 3. The van der Waals surface area contributed by atoms with E-state index in [0.717, 1.165) is 0 Å². The van der Waals surface area contributed by atoms with E-state index in [1.807, 2.05) is 6.92 Å². The quantitative estimate of drug-likeness (QED) is 0.932. The number of nitrogens with zero attached hydrogens (tertiary/aromatic N) is 3. The van der Waals surface area contributed by atoms with Gasteiger partial charge in [-0.25, -0.2) is 14.8 Å². The highest BCUT2D eigenvalue weighted by Gasteiger charge is 2.04. The molecule has 0 saturated heterocycles. The van der Waals surface area contributed by atoms with Crippen LogP contribution >= 0.6 is 0 Å². The van der Waals surface area contributed by atoms with Crippen molar-refractivity contribution in [3.8, 4) is 11.5 Å². The first-order chi connectivity index (χ1) is 9.54. The molecule has 0 fully saturated rings. The highest BCUT2D eigenvalue weighted by Crippen LogP contribution is 2.21. The first kappa shape index (κ1) is 13.8. The lowest BCUT2D eigenvalue weighted by atomic mass is 10.3. The predicted molar refractivity (Wildman–Crippen MR) is 76.0 cm³/mol. The number of aryl methyl sites for hydroxylation is 1. The van der Waals surface area contributed by atoms with Crippen molar-refractivity contribution < 1.29 is 9.53 Å². The highest BCUT2D eigenvalue weighted by atomic mass is 16.5. The van der Waals surface area contributed by atoms with Crippen LogP contribution in [0.1, 0.15) is 5.82 Å². The minimum absolute atomic E-state index is 0.175. The van der Waals surface area contributed by atoms with E-state index in [2.05, 4.69) is 15.3 Å². The molecule has 20 heavy (non-hydrogen) atoms. The molecule has 1 aromatic carbocycles. The van der Waals surface area contributed by atoms with Crippen LogP contribution < -0.4 is 10.1 Å². The second-order valence-corrected chi connectivity index (χ2v) is 4.42. The second kappa shape index (κ2) is 6.01. The number of hydrogen-bond donors (Lipinski definition) is 1. The molecule has 6 nitrogen and oxygen atoms in total. The summed E-state index contributed by atoms with van der Waals surface area (Å²) in [5.74, 6) is 1.92. The minimum atomic E-state index is -0.175. The van der Waals surface area contributed by atoms with E-state index < -0.39 is 0 Å². The van der Waals surface area contributed by atoms with Crippen molar-refractivity contribution in [2.75, 3.05) is 19.4 Å². The zero-order valence-corrected chi connectivity index (χ0v) is 11.6. The van der Waals surface area contributed by atoms with Gasteiger partial charge < -0.3 is 15.0 Å². The minimum Gasteiger partial charge on any atom is -0.454 e. The Bertz CT molecular complexity index is 579. The fourth-order valence-electron chi connectivity index (χ4n) is 1.41. The summed E-state index contributed by atoms with van der Waals surface area (Å²) in [5.41, 5.74) is 0.705. The number of aromatic nitrogens is 2. The lowest BCUT2D eigenvalue weighted by Gasteiger charge is -2.12. The van der Waals surface area contributed by atoms with Gasteiger partial charge in [0.2, 0.25) is 0 Å².